The molecule has 0 aromatic carbocycles. The zero-order valence-electron chi connectivity index (χ0n) is 7.02. The number of rotatable bonds is 3. The molecular weight excluding hydrogens is 124 g/mol. The molecule has 0 aromatic heterocycles. The lowest BCUT2D eigenvalue weighted by Crippen LogP contribution is -2.01. The molecule has 1 atom stereocenters. The summed E-state index contributed by atoms with van der Waals surface area (Å²) in [6, 6.07) is 0. The van der Waals surface area contributed by atoms with Crippen molar-refractivity contribution in [3.05, 3.63) is 0 Å². The van der Waals surface area contributed by atoms with Crippen LogP contribution in [0.1, 0.15) is 34.1 Å². The van der Waals surface area contributed by atoms with Gasteiger partial charge < -0.3 is 0 Å². The molecule has 0 aliphatic heterocycles. The normalized spacial score (nSPS) is 15.2. The van der Waals surface area contributed by atoms with Crippen molar-refractivity contribution in [3.8, 4) is 0 Å². The summed E-state index contributed by atoms with van der Waals surface area (Å²) in [5.41, 5.74) is 3.40. The molecule has 0 aliphatic carbocycles. The molecule has 0 radical (unpaired) electrons. The predicted molar refractivity (Wildman–Crippen MR) is 47.8 cm³/mol. The fourth-order valence-electron chi connectivity index (χ4n) is 0.573. The van der Waals surface area contributed by atoms with Crippen molar-refractivity contribution >= 4 is 14.8 Å². The molecule has 0 aromatic rings. The summed E-state index contributed by atoms with van der Waals surface area (Å²) in [5, 5.41) is 0. The van der Waals surface area contributed by atoms with Crippen LogP contribution in [0.2, 0.25) is 5.54 Å². The number of hydrogen-bond donors (Lipinski definition) is 0. The maximum absolute atomic E-state index is 2.45. The fourth-order valence-corrected chi connectivity index (χ4v) is 1.72. The molecule has 0 nitrogen and oxygen atoms in total. The van der Waals surface area contributed by atoms with Crippen molar-refractivity contribution in [2.24, 2.45) is 5.92 Å². The highest BCUT2D eigenvalue weighted by Crippen LogP contribution is 2.11. The van der Waals surface area contributed by atoms with E-state index in [1.807, 2.05) is 0 Å². The van der Waals surface area contributed by atoms with Crippen molar-refractivity contribution in [1.29, 1.82) is 0 Å². The Bertz CT molecular complexity index is 84.6. The van der Waals surface area contributed by atoms with Crippen LogP contribution < -0.4 is 0 Å². The highest BCUT2D eigenvalue weighted by molar-refractivity contribution is 6.48. The van der Waals surface area contributed by atoms with Crippen molar-refractivity contribution in [2.45, 2.75) is 39.7 Å². The Morgan fingerprint density at radius 1 is 1.33 bits per heavy atom. The van der Waals surface area contributed by atoms with Crippen molar-refractivity contribution in [3.63, 3.8) is 0 Å². The van der Waals surface area contributed by atoms with E-state index in [2.05, 4.69) is 33.4 Å². The van der Waals surface area contributed by atoms with Gasteiger partial charge in [-0.3, -0.25) is 0 Å². The third-order valence-electron chi connectivity index (χ3n) is 1.73. The van der Waals surface area contributed by atoms with Crippen LogP contribution in [0.3, 0.4) is 0 Å². The molecule has 0 heterocycles. The summed E-state index contributed by atoms with van der Waals surface area (Å²) in [5.74, 6) is 0.878. The molecule has 0 aliphatic rings. The topological polar surface area (TPSA) is 0 Å². The van der Waals surface area contributed by atoms with E-state index >= 15 is 0 Å². The van der Waals surface area contributed by atoms with E-state index < -0.39 is 0 Å². The minimum atomic E-state index is 0.612. The van der Waals surface area contributed by atoms with Crippen LogP contribution in [0.5, 0.6) is 0 Å². The van der Waals surface area contributed by atoms with Crippen LogP contribution in [0, 0.1) is 5.92 Å². The van der Waals surface area contributed by atoms with Gasteiger partial charge in [-0.1, -0.05) is 27.7 Å². The summed E-state index contributed by atoms with van der Waals surface area (Å²) in [4.78, 5) is 0. The molecule has 0 saturated carbocycles. The lowest BCUT2D eigenvalue weighted by Gasteiger charge is -2.08. The SMILES string of the molecule is CCC=[SiH]C(C)C(C)C. The van der Waals surface area contributed by atoms with E-state index in [-0.39, 0.29) is 0 Å². The second-order valence-corrected chi connectivity index (χ2v) is 4.85. The summed E-state index contributed by atoms with van der Waals surface area (Å²) >= 11 is 0. The summed E-state index contributed by atoms with van der Waals surface area (Å²) in [6.07, 6.45) is 1.26. The molecule has 9 heavy (non-hydrogen) atoms. The van der Waals surface area contributed by atoms with Gasteiger partial charge in [-0.05, 0) is 27.0 Å². The third kappa shape index (κ3) is 4.58. The van der Waals surface area contributed by atoms with Crippen molar-refractivity contribution in [2.75, 3.05) is 0 Å². The Labute approximate surface area is 61.1 Å². The Kier molecular flexibility index (Phi) is 4.97. The first-order valence-corrected chi connectivity index (χ1v) is 5.18. The van der Waals surface area contributed by atoms with E-state index in [0.29, 0.717) is 9.13 Å². The molecule has 0 bridgehead atoms. The molecule has 0 rings (SSSR count). The molecule has 54 valence electrons. The second kappa shape index (κ2) is 4.92. The number of hydrogen-bond acceptors (Lipinski definition) is 0. The average Bonchev–Trinajstić information content (AvgIpc) is 1.82. The first kappa shape index (κ1) is 9.09. The van der Waals surface area contributed by atoms with Gasteiger partial charge in [0, 0.05) is 0 Å². The van der Waals surface area contributed by atoms with Crippen LogP contribution in [-0.2, 0) is 0 Å². The van der Waals surface area contributed by atoms with Crippen molar-refractivity contribution < 1.29 is 0 Å². The van der Waals surface area contributed by atoms with E-state index in [9.17, 15) is 0 Å². The van der Waals surface area contributed by atoms with Gasteiger partial charge in [0.1, 0.15) is 0 Å². The summed E-state index contributed by atoms with van der Waals surface area (Å²) < 4.78 is 0. The third-order valence-corrected chi connectivity index (χ3v) is 3.85. The smallest absolute Gasteiger partial charge is 0.00864 e. The van der Waals surface area contributed by atoms with E-state index in [0.717, 1.165) is 11.5 Å². The summed E-state index contributed by atoms with van der Waals surface area (Å²) in [6.45, 7) is 9.19. The van der Waals surface area contributed by atoms with Crippen LogP contribution >= 0.6 is 0 Å². The van der Waals surface area contributed by atoms with Gasteiger partial charge in [-0.25, -0.2) is 0 Å². The zero-order chi connectivity index (χ0) is 7.28. The predicted octanol–water partition coefficient (Wildman–Crippen LogP) is 2.10. The minimum absolute atomic E-state index is 0.612. The maximum atomic E-state index is 2.45. The molecule has 1 unspecified atom stereocenters. The highest BCUT2D eigenvalue weighted by Gasteiger charge is 2.00. The van der Waals surface area contributed by atoms with Gasteiger partial charge >= 0.3 is 0 Å². The van der Waals surface area contributed by atoms with Gasteiger partial charge in [-0.2, -0.15) is 0 Å². The molecule has 0 N–H and O–H groups in total. The Balaban J connectivity index is 3.48. The van der Waals surface area contributed by atoms with Gasteiger partial charge in [0.25, 0.3) is 0 Å². The molecular formula is C8H18Si. The first-order valence-electron chi connectivity index (χ1n) is 3.85. The molecule has 0 fully saturated rings. The lowest BCUT2D eigenvalue weighted by molar-refractivity contribution is 0.623. The van der Waals surface area contributed by atoms with Gasteiger partial charge in [0.05, 0.1) is 0 Å². The highest BCUT2D eigenvalue weighted by atomic mass is 28.2. The standard InChI is InChI=1S/C8H18Si/c1-5-6-9-8(4)7(2)3/h6-9H,5H2,1-4H3. The Hall–Kier alpha value is 0.0869. The van der Waals surface area contributed by atoms with Crippen LogP contribution in [0.25, 0.3) is 0 Å². The van der Waals surface area contributed by atoms with Crippen LogP contribution in [0.15, 0.2) is 0 Å². The van der Waals surface area contributed by atoms with E-state index in [1.165, 1.54) is 6.42 Å². The fraction of sp³-hybridized carbons (Fsp3) is 0.875. The Morgan fingerprint density at radius 3 is 2.22 bits per heavy atom. The lowest BCUT2D eigenvalue weighted by atomic mass is 10.1. The monoisotopic (exact) mass is 142 g/mol. The first-order chi connectivity index (χ1) is 4.18. The molecule has 1 heteroatoms. The van der Waals surface area contributed by atoms with Gasteiger partial charge in [0.2, 0.25) is 0 Å². The van der Waals surface area contributed by atoms with E-state index in [1.54, 1.807) is 0 Å². The largest absolute Gasteiger partial charge is 0.106 e. The molecule has 0 spiro atoms. The zero-order valence-corrected chi connectivity index (χ0v) is 8.17. The average molecular weight is 142 g/mol. The maximum Gasteiger partial charge on any atom is -0.00864 e. The Morgan fingerprint density at radius 2 is 1.89 bits per heavy atom. The second-order valence-electron chi connectivity index (χ2n) is 2.94. The summed E-state index contributed by atoms with van der Waals surface area (Å²) in [7, 11) is 0.612. The quantitative estimate of drug-likeness (QED) is 0.529. The van der Waals surface area contributed by atoms with Crippen LogP contribution in [0.4, 0.5) is 0 Å². The molecule has 0 saturated heterocycles. The van der Waals surface area contributed by atoms with Crippen LogP contribution in [-0.4, -0.2) is 14.8 Å². The van der Waals surface area contributed by atoms with E-state index in [4.69, 9.17) is 0 Å². The van der Waals surface area contributed by atoms with Crippen molar-refractivity contribution in [1.82, 2.24) is 0 Å². The van der Waals surface area contributed by atoms with Gasteiger partial charge in [0.15, 0.2) is 0 Å². The minimum Gasteiger partial charge on any atom is -0.106 e. The molecule has 0 amide bonds. The van der Waals surface area contributed by atoms with Gasteiger partial charge in [-0.15, -0.1) is 5.67 Å².